The Balaban J connectivity index is 1.61. The number of rotatable bonds is 5. The van der Waals surface area contributed by atoms with E-state index in [1.54, 1.807) is 13.8 Å². The van der Waals surface area contributed by atoms with E-state index in [1.165, 1.54) is 5.56 Å². The van der Waals surface area contributed by atoms with E-state index < -0.39 is 14.6 Å². The van der Waals surface area contributed by atoms with Gasteiger partial charge in [0, 0.05) is 52.4 Å². The van der Waals surface area contributed by atoms with E-state index in [1.807, 2.05) is 6.92 Å². The summed E-state index contributed by atoms with van der Waals surface area (Å²) in [6, 6.07) is 8.71. The number of benzene rings is 1. The van der Waals surface area contributed by atoms with Crippen molar-refractivity contribution in [3.8, 4) is 0 Å². The van der Waals surface area contributed by atoms with Crippen LogP contribution in [0.2, 0.25) is 0 Å². The first-order valence-electron chi connectivity index (χ1n) is 10.9. The molecule has 2 heterocycles. The molecule has 8 heteroatoms. The molecule has 1 aromatic rings. The highest BCUT2D eigenvalue weighted by Gasteiger charge is 2.40. The molecule has 0 atom stereocenters. The third-order valence-electron chi connectivity index (χ3n) is 6.11. The molecule has 2 saturated heterocycles. The van der Waals surface area contributed by atoms with Crippen LogP contribution < -0.4 is 5.32 Å². The molecule has 2 aliphatic heterocycles. The average molecular weight is 436 g/mol. The highest BCUT2D eigenvalue weighted by Crippen LogP contribution is 2.23. The number of aliphatic imine (C=N–C) groups is 1. The Hall–Kier alpha value is -1.64. The monoisotopic (exact) mass is 435 g/mol. The van der Waals surface area contributed by atoms with E-state index >= 15 is 0 Å². The van der Waals surface area contributed by atoms with Gasteiger partial charge < -0.3 is 15.1 Å². The summed E-state index contributed by atoms with van der Waals surface area (Å²) in [5.74, 6) is 0.966. The zero-order chi connectivity index (χ0) is 21.8. The summed E-state index contributed by atoms with van der Waals surface area (Å²) in [5, 5.41) is 3.33. The van der Waals surface area contributed by atoms with E-state index in [4.69, 9.17) is 4.99 Å². The van der Waals surface area contributed by atoms with Crippen molar-refractivity contribution in [2.45, 2.75) is 38.6 Å². The van der Waals surface area contributed by atoms with Gasteiger partial charge in [0.1, 0.15) is 0 Å². The van der Waals surface area contributed by atoms with Crippen molar-refractivity contribution >= 4 is 15.8 Å². The normalized spacial score (nSPS) is 22.8. The minimum atomic E-state index is -3.06. The van der Waals surface area contributed by atoms with Gasteiger partial charge in [0.05, 0.1) is 17.0 Å². The highest BCUT2D eigenvalue weighted by molar-refractivity contribution is 7.92. The van der Waals surface area contributed by atoms with E-state index in [2.05, 4.69) is 51.3 Å². The first-order chi connectivity index (χ1) is 14.2. The number of hydrogen-bond donors (Lipinski definition) is 1. The van der Waals surface area contributed by atoms with Gasteiger partial charge in [-0.3, -0.25) is 4.90 Å². The molecule has 0 unspecified atom stereocenters. The molecule has 0 radical (unpaired) electrons. The second-order valence-corrected chi connectivity index (χ2v) is 11.8. The number of nitrogens with zero attached hydrogens (tertiary/aromatic N) is 4. The van der Waals surface area contributed by atoms with Gasteiger partial charge in [-0.15, -0.1) is 0 Å². The smallest absolute Gasteiger partial charge is 0.194 e. The minimum absolute atomic E-state index is 0.172. The van der Waals surface area contributed by atoms with Crippen LogP contribution >= 0.6 is 0 Å². The van der Waals surface area contributed by atoms with Gasteiger partial charge in [0.15, 0.2) is 15.8 Å². The number of hydrogen-bond acceptors (Lipinski definition) is 5. The standard InChI is InChI=1S/C22H37N5O2S/c1-5-23-21(27-14-15-30(28,29)22(2,3)18-27)24-16-19-6-8-20(9-7-19)17-26-12-10-25(4)11-13-26/h6-9H,5,10-18H2,1-4H3,(H,23,24). The fourth-order valence-corrected chi connectivity index (χ4v) is 5.30. The quantitative estimate of drug-likeness (QED) is 0.557. The molecule has 30 heavy (non-hydrogen) atoms. The molecule has 1 N–H and O–H groups in total. The summed E-state index contributed by atoms with van der Waals surface area (Å²) >= 11 is 0. The summed E-state index contributed by atoms with van der Waals surface area (Å²) in [4.78, 5) is 11.7. The molecular weight excluding hydrogens is 398 g/mol. The Labute approximate surface area is 182 Å². The molecule has 0 bridgehead atoms. The largest absolute Gasteiger partial charge is 0.357 e. The first-order valence-corrected chi connectivity index (χ1v) is 12.6. The minimum Gasteiger partial charge on any atom is -0.357 e. The van der Waals surface area contributed by atoms with Gasteiger partial charge in [-0.05, 0) is 38.9 Å². The Morgan fingerprint density at radius 3 is 2.30 bits per heavy atom. The lowest BCUT2D eigenvalue weighted by Gasteiger charge is -2.39. The number of likely N-dealkylation sites (N-methyl/N-ethyl adjacent to an activating group) is 1. The Morgan fingerprint density at radius 2 is 1.70 bits per heavy atom. The van der Waals surface area contributed by atoms with Gasteiger partial charge in [-0.25, -0.2) is 13.4 Å². The third kappa shape index (κ3) is 5.74. The maximum atomic E-state index is 12.3. The van der Waals surface area contributed by atoms with Crippen molar-refractivity contribution in [2.24, 2.45) is 4.99 Å². The van der Waals surface area contributed by atoms with Crippen LogP contribution in [-0.2, 0) is 22.9 Å². The van der Waals surface area contributed by atoms with Gasteiger partial charge in [-0.1, -0.05) is 24.3 Å². The van der Waals surface area contributed by atoms with Gasteiger partial charge in [0.25, 0.3) is 0 Å². The van der Waals surface area contributed by atoms with Crippen LogP contribution in [0, 0.1) is 0 Å². The van der Waals surface area contributed by atoms with Crippen LogP contribution in [0.4, 0.5) is 0 Å². The molecule has 168 valence electrons. The topological polar surface area (TPSA) is 68.2 Å². The number of sulfone groups is 1. The lowest BCUT2D eigenvalue weighted by atomic mass is 10.1. The summed E-state index contributed by atoms with van der Waals surface area (Å²) < 4.78 is 23.9. The van der Waals surface area contributed by atoms with Crippen molar-refractivity contribution < 1.29 is 8.42 Å². The Morgan fingerprint density at radius 1 is 1.07 bits per heavy atom. The van der Waals surface area contributed by atoms with E-state index in [0.717, 1.165) is 50.8 Å². The summed E-state index contributed by atoms with van der Waals surface area (Å²) in [6.07, 6.45) is 0. The van der Waals surface area contributed by atoms with Crippen molar-refractivity contribution in [1.29, 1.82) is 0 Å². The molecule has 7 nitrogen and oxygen atoms in total. The van der Waals surface area contributed by atoms with Crippen molar-refractivity contribution in [3.05, 3.63) is 35.4 Å². The van der Waals surface area contributed by atoms with Crippen LogP contribution in [0.5, 0.6) is 0 Å². The molecule has 0 saturated carbocycles. The van der Waals surface area contributed by atoms with E-state index in [9.17, 15) is 8.42 Å². The molecule has 1 aromatic carbocycles. The Kier molecular flexibility index (Phi) is 7.42. The molecule has 0 spiro atoms. The van der Waals surface area contributed by atoms with Gasteiger partial charge in [-0.2, -0.15) is 0 Å². The predicted octanol–water partition coefficient (Wildman–Crippen LogP) is 1.41. The van der Waals surface area contributed by atoms with Gasteiger partial charge >= 0.3 is 0 Å². The predicted molar refractivity (Wildman–Crippen MR) is 123 cm³/mol. The molecule has 3 rings (SSSR count). The SMILES string of the molecule is CCNC(=NCc1ccc(CN2CCN(C)CC2)cc1)N1CCS(=O)(=O)C(C)(C)C1. The molecular formula is C22H37N5O2S. The summed E-state index contributed by atoms with van der Waals surface area (Å²) in [5.41, 5.74) is 2.50. The van der Waals surface area contributed by atoms with Crippen molar-refractivity contribution in [2.75, 3.05) is 58.6 Å². The fourth-order valence-electron chi connectivity index (χ4n) is 3.93. The first kappa shape index (κ1) is 23.0. The number of nitrogens with one attached hydrogen (secondary N) is 1. The fraction of sp³-hybridized carbons (Fsp3) is 0.682. The number of guanidine groups is 1. The highest BCUT2D eigenvalue weighted by atomic mass is 32.2. The molecule has 0 aromatic heterocycles. The maximum Gasteiger partial charge on any atom is 0.194 e. The average Bonchev–Trinajstić information content (AvgIpc) is 2.70. The summed E-state index contributed by atoms with van der Waals surface area (Å²) in [6.45, 7) is 13.4. The molecule has 0 aliphatic carbocycles. The van der Waals surface area contributed by atoms with E-state index in [0.29, 0.717) is 19.6 Å². The van der Waals surface area contributed by atoms with Crippen LogP contribution in [0.3, 0.4) is 0 Å². The van der Waals surface area contributed by atoms with Crippen molar-refractivity contribution in [3.63, 3.8) is 0 Å². The summed E-state index contributed by atoms with van der Waals surface area (Å²) in [7, 11) is -0.882. The maximum absolute atomic E-state index is 12.3. The lowest BCUT2D eigenvalue weighted by molar-refractivity contribution is 0.148. The number of piperazine rings is 1. The van der Waals surface area contributed by atoms with Crippen LogP contribution in [0.25, 0.3) is 0 Å². The molecule has 2 aliphatic rings. The van der Waals surface area contributed by atoms with Crippen LogP contribution in [-0.4, -0.2) is 92.4 Å². The van der Waals surface area contributed by atoms with E-state index in [-0.39, 0.29) is 5.75 Å². The third-order valence-corrected chi connectivity index (χ3v) is 8.65. The second kappa shape index (κ2) is 9.66. The zero-order valence-electron chi connectivity index (χ0n) is 18.9. The Bertz CT molecular complexity index is 828. The molecule has 0 amide bonds. The van der Waals surface area contributed by atoms with Crippen LogP contribution in [0.1, 0.15) is 31.9 Å². The molecule has 2 fully saturated rings. The second-order valence-electron chi connectivity index (χ2n) is 9.07. The zero-order valence-corrected chi connectivity index (χ0v) is 19.7. The van der Waals surface area contributed by atoms with Crippen molar-refractivity contribution in [1.82, 2.24) is 20.0 Å². The van der Waals surface area contributed by atoms with Gasteiger partial charge in [0.2, 0.25) is 0 Å². The van der Waals surface area contributed by atoms with Crippen LogP contribution in [0.15, 0.2) is 29.3 Å². The lowest BCUT2D eigenvalue weighted by Crippen LogP contribution is -2.57.